The van der Waals surface area contributed by atoms with Gasteiger partial charge >= 0.3 is 24.2 Å². The highest BCUT2D eigenvalue weighted by atomic mass is 35.5. The van der Waals surface area contributed by atoms with Gasteiger partial charge in [-0.05, 0) is 68.7 Å². The smallest absolute Gasteiger partial charge is 0.412 e. The van der Waals surface area contributed by atoms with Gasteiger partial charge in [-0.2, -0.15) is 0 Å². The second-order valence-corrected chi connectivity index (χ2v) is 23.1. The molecule has 0 radical (unpaired) electrons. The average Bonchev–Trinajstić information content (AvgIpc) is 1.62. The number of ether oxygens (including phenoxy) is 9. The van der Waals surface area contributed by atoms with E-state index in [1.165, 1.54) is 61.9 Å². The minimum atomic E-state index is -1.90. The first-order chi connectivity index (χ1) is 40.8. The molecule has 6 amide bonds. The molecule has 0 aromatic heterocycles. The lowest BCUT2D eigenvalue weighted by atomic mass is 9.83. The molecule has 4 heterocycles. The van der Waals surface area contributed by atoms with Crippen LogP contribution in [0.25, 0.3) is 0 Å². The molecule has 4 N–H and O–H groups in total. The Kier molecular flexibility index (Phi) is 24.7. The van der Waals surface area contributed by atoms with Gasteiger partial charge in [0.15, 0.2) is 11.5 Å². The van der Waals surface area contributed by atoms with Crippen LogP contribution >= 0.6 is 23.4 Å². The summed E-state index contributed by atoms with van der Waals surface area (Å²) < 4.78 is 51.0. The standard InChI is InChI=1S/C59H80ClN7O18S/c1-12-40(68)31-61-43-26-38(18-19-42(43)62-54(72)82-41-16-14-23-79-34-80-33-41)32-81-56(74)64(6)21-22-65(7)57(75)86-24-20-49(69)66(8)37(4)53(71)84-48-29-50(70)67(9)44-27-39(28-45(77-10)51(44)60)25-35(2)15-13-17-47(78-11)59(76)30-46(83-55(73)63-59)36(3)52-58(48,5)85-52/h13-19,26-28,36-37,41,46-48,52,61,76H,12,20-25,29-34H2,1-11H3,(H,62,72)(H,63,73)/b16-14+,17-13+,35-15+/t36-,37+,41?,46+,47?,48+,52+,58+,59+/m1/s1. The molecular formula is C59H80ClN7O18S. The maximum absolute atomic E-state index is 14.4. The lowest BCUT2D eigenvalue weighted by molar-refractivity contribution is -0.162. The maximum Gasteiger partial charge on any atom is 0.412 e. The number of nitrogens with zero attached hydrogens (tertiary/aromatic N) is 4. The van der Waals surface area contributed by atoms with Crippen molar-refractivity contribution in [1.82, 2.24) is 20.0 Å². The number of carbonyl (C=O) groups excluding carboxylic acids is 8. The van der Waals surface area contributed by atoms with Crippen molar-refractivity contribution in [3.05, 3.63) is 82.4 Å². The molecule has 0 saturated carbocycles. The lowest BCUT2D eigenvalue weighted by Gasteiger charge is -2.42. The van der Waals surface area contributed by atoms with Crippen molar-refractivity contribution in [2.75, 3.05) is 103 Å². The number of likely N-dealkylation sites (N-methyl/N-ethyl adjacent to an activating group) is 3. The highest BCUT2D eigenvalue weighted by Gasteiger charge is 2.64. The van der Waals surface area contributed by atoms with E-state index in [1.807, 2.05) is 13.0 Å². The summed E-state index contributed by atoms with van der Waals surface area (Å²) >= 11 is 7.70. The van der Waals surface area contributed by atoms with Crippen LogP contribution in [0.15, 0.2) is 66.3 Å². The van der Waals surface area contributed by atoms with Gasteiger partial charge in [-0.3, -0.25) is 29.8 Å². The predicted octanol–water partition coefficient (Wildman–Crippen LogP) is 6.83. The number of benzene rings is 2. The van der Waals surface area contributed by atoms with E-state index in [0.717, 1.165) is 22.9 Å². The van der Waals surface area contributed by atoms with Gasteiger partial charge in [-0.25, -0.2) is 19.2 Å². The molecule has 4 aliphatic heterocycles. The van der Waals surface area contributed by atoms with E-state index < -0.39 is 96.3 Å². The van der Waals surface area contributed by atoms with E-state index in [0.29, 0.717) is 47.8 Å². The van der Waals surface area contributed by atoms with Crippen LogP contribution in [-0.2, 0) is 70.1 Å². The van der Waals surface area contributed by atoms with Crippen LogP contribution in [0.4, 0.5) is 36.2 Å². The van der Waals surface area contributed by atoms with E-state index in [1.54, 1.807) is 82.5 Å². The van der Waals surface area contributed by atoms with Crippen LogP contribution in [0.5, 0.6) is 5.75 Å². The van der Waals surface area contributed by atoms with Crippen LogP contribution in [0.3, 0.4) is 0 Å². The van der Waals surface area contributed by atoms with Crippen molar-refractivity contribution in [1.29, 1.82) is 0 Å². The topological polar surface area (TPSA) is 292 Å². The third-order valence-electron chi connectivity index (χ3n) is 15.3. The fourth-order valence-corrected chi connectivity index (χ4v) is 10.8. The molecule has 2 fully saturated rings. The zero-order valence-electron chi connectivity index (χ0n) is 50.5. The first-order valence-electron chi connectivity index (χ1n) is 28.1. The van der Waals surface area contributed by atoms with Crippen molar-refractivity contribution in [3.63, 3.8) is 0 Å². The number of allylic oxidation sites excluding steroid dienone is 3. The molecule has 2 aromatic rings. The Balaban J connectivity index is 1.03. The first kappa shape index (κ1) is 68.2. The van der Waals surface area contributed by atoms with Crippen molar-refractivity contribution in [2.45, 2.75) is 121 Å². The van der Waals surface area contributed by atoms with Crippen LogP contribution in [0.2, 0.25) is 5.02 Å². The number of ketones is 1. The van der Waals surface area contributed by atoms with Crippen molar-refractivity contribution >= 4 is 87.5 Å². The molecule has 2 unspecified atom stereocenters. The summed E-state index contributed by atoms with van der Waals surface area (Å²) in [7, 11) is 8.88. The Labute approximate surface area is 510 Å². The molecule has 0 aliphatic carbocycles. The third-order valence-corrected chi connectivity index (χ3v) is 16.6. The second kappa shape index (κ2) is 31.1. The normalized spacial score (nSPS) is 25.7. The molecular weight excluding hydrogens is 1160 g/mol. The van der Waals surface area contributed by atoms with E-state index in [9.17, 15) is 43.5 Å². The van der Waals surface area contributed by atoms with Crippen molar-refractivity contribution in [3.8, 4) is 5.75 Å². The number of aliphatic hydroxyl groups is 1. The summed E-state index contributed by atoms with van der Waals surface area (Å²) in [5.74, 6) is -2.17. The Morgan fingerprint density at radius 1 is 1.01 bits per heavy atom. The average molecular weight is 1240 g/mol. The van der Waals surface area contributed by atoms with Gasteiger partial charge in [0.1, 0.15) is 60.2 Å². The fourth-order valence-electron chi connectivity index (χ4n) is 9.68. The number of fused-ring (bicyclic) bond motifs is 5. The zero-order valence-corrected chi connectivity index (χ0v) is 52.0. The number of hydrogen-bond donors (Lipinski definition) is 4. The summed E-state index contributed by atoms with van der Waals surface area (Å²) in [5, 5.41) is 19.9. The number of anilines is 3. The third kappa shape index (κ3) is 18.3. The number of Topliss-reactive ketones (excluding diaryl/α,β-unsaturated/α-hetero) is 1. The number of thioether (sulfide) groups is 1. The number of esters is 1. The number of halogens is 1. The quantitative estimate of drug-likeness (QED) is 0.0485. The van der Waals surface area contributed by atoms with Gasteiger partial charge in [-0.1, -0.05) is 73.2 Å². The molecule has 2 saturated heterocycles. The number of amides is 6. The Morgan fingerprint density at radius 2 is 1.76 bits per heavy atom. The van der Waals surface area contributed by atoms with Crippen LogP contribution < -0.4 is 25.6 Å². The van der Waals surface area contributed by atoms with Gasteiger partial charge in [0, 0.05) is 79.3 Å². The largest absolute Gasteiger partial charge is 0.495 e. The van der Waals surface area contributed by atoms with Gasteiger partial charge in [-0.15, -0.1) is 0 Å². The summed E-state index contributed by atoms with van der Waals surface area (Å²) in [6.45, 7) is 9.02. The minimum absolute atomic E-state index is 0.0164. The fraction of sp³-hybridized carbons (Fsp3) is 0.559. The second-order valence-electron chi connectivity index (χ2n) is 21.6. The lowest BCUT2D eigenvalue weighted by Crippen LogP contribution is -2.63. The SMILES string of the molecule is CCC(=O)CNc1cc(COC(=O)N(C)CCN(C)C(=O)SCCC(=O)N(C)[C@@H](C)C(=O)O[C@H]2CC(=O)N(C)c3cc(cc(OC)c3Cl)C/C(C)=C/C=C/C(OC)[C@@]3(O)C[C@H](OC(=O)N3)[C@@H](C)[C@@H]3O[C@@]23C)ccc1NC(=O)OC1/C=C/COCOC1. The van der Waals surface area contributed by atoms with Gasteiger partial charge in [0.05, 0.1) is 56.5 Å². The number of methoxy groups -OCH3 is 2. The number of epoxide rings is 1. The molecule has 9 atom stereocenters. The maximum atomic E-state index is 14.4. The van der Waals surface area contributed by atoms with Gasteiger partial charge in [0.2, 0.25) is 11.8 Å². The summed E-state index contributed by atoms with van der Waals surface area (Å²) in [4.78, 5) is 112. The monoisotopic (exact) mass is 1240 g/mol. The first-order valence-corrected chi connectivity index (χ1v) is 29.5. The van der Waals surface area contributed by atoms with Crippen LogP contribution in [0.1, 0.15) is 71.4 Å². The molecule has 4 aliphatic rings. The number of carbonyl (C=O) groups is 8. The number of hydrogen-bond acceptors (Lipinski definition) is 20. The number of alkyl carbamates (subject to hydrolysis) is 1. The molecule has 6 rings (SSSR count). The Bertz CT molecular complexity index is 2890. The predicted molar refractivity (Wildman–Crippen MR) is 319 cm³/mol. The molecule has 4 bridgehead atoms. The molecule has 25 nitrogen and oxygen atoms in total. The van der Waals surface area contributed by atoms with E-state index >= 15 is 0 Å². The molecule has 2 aromatic carbocycles. The zero-order chi connectivity index (χ0) is 63.0. The van der Waals surface area contributed by atoms with E-state index in [4.69, 9.17) is 54.2 Å². The molecule has 27 heteroatoms. The highest BCUT2D eigenvalue weighted by molar-refractivity contribution is 8.13. The summed E-state index contributed by atoms with van der Waals surface area (Å²) in [6, 6.07) is 7.20. The number of nitrogens with one attached hydrogen (secondary N) is 3. The van der Waals surface area contributed by atoms with Crippen LogP contribution in [-0.4, -0.2) is 203 Å². The number of rotatable bonds is 19. The Hall–Kier alpha value is -6.94. The minimum Gasteiger partial charge on any atom is -0.495 e. The van der Waals surface area contributed by atoms with Crippen molar-refractivity contribution < 1.29 is 86.1 Å². The highest BCUT2D eigenvalue weighted by Crippen LogP contribution is 2.49. The van der Waals surface area contributed by atoms with E-state index in [-0.39, 0.29) is 74.3 Å². The molecule has 472 valence electrons. The summed E-state index contributed by atoms with van der Waals surface area (Å²) in [6.07, 6.45) is 1.66. The van der Waals surface area contributed by atoms with Crippen molar-refractivity contribution in [2.24, 2.45) is 5.92 Å². The molecule has 0 spiro atoms. The van der Waals surface area contributed by atoms with E-state index in [2.05, 4.69) is 16.0 Å². The molecule has 86 heavy (non-hydrogen) atoms. The van der Waals surface area contributed by atoms with Gasteiger partial charge in [0.25, 0.3) is 5.24 Å². The van der Waals surface area contributed by atoms with Crippen LogP contribution in [0, 0.1) is 5.92 Å². The Morgan fingerprint density at radius 3 is 2.48 bits per heavy atom. The van der Waals surface area contributed by atoms with Gasteiger partial charge < -0.3 is 72.7 Å². The summed E-state index contributed by atoms with van der Waals surface area (Å²) in [5.41, 5.74) is 0.00457.